The molecule has 1 heterocycles. The van der Waals surface area contributed by atoms with Crippen molar-refractivity contribution in [3.63, 3.8) is 0 Å². The van der Waals surface area contributed by atoms with Crippen LogP contribution in [-0.4, -0.2) is 42.8 Å². The van der Waals surface area contributed by atoms with Crippen molar-refractivity contribution in [2.24, 2.45) is 23.2 Å². The Bertz CT molecular complexity index is 987. The number of carbonyl (C=O) groups excluding carboxylic acids is 2. The van der Waals surface area contributed by atoms with Crippen molar-refractivity contribution in [1.29, 1.82) is 0 Å². The van der Waals surface area contributed by atoms with E-state index in [0.717, 1.165) is 80.0 Å². The van der Waals surface area contributed by atoms with E-state index in [1.165, 1.54) is 19.3 Å². The van der Waals surface area contributed by atoms with Crippen LogP contribution in [0.3, 0.4) is 0 Å². The van der Waals surface area contributed by atoms with E-state index in [0.29, 0.717) is 5.91 Å². The van der Waals surface area contributed by atoms with Crippen molar-refractivity contribution in [3.05, 3.63) is 65.7 Å². The van der Waals surface area contributed by atoms with Gasteiger partial charge in [0.05, 0.1) is 5.41 Å². The molecule has 0 atom stereocenters. The summed E-state index contributed by atoms with van der Waals surface area (Å²) in [5.41, 5.74) is 2.48. The fourth-order valence-electron chi connectivity index (χ4n) is 7.48. The number of hydrogen-bond donors (Lipinski definition) is 0. The SMILES string of the molecule is O=C(c1ccccc1)c1cccc(N2CCN(C(=O)C34CC5CC(CC(C5)C3)C4)CC2)c1. The van der Waals surface area contributed by atoms with Gasteiger partial charge >= 0.3 is 0 Å². The molecule has 0 spiro atoms. The Balaban J connectivity index is 1.13. The standard InChI is InChI=1S/C28H32N2O2/c31-26(23-5-2-1-3-6-23)24-7-4-8-25(16-24)29-9-11-30(12-10-29)27(32)28-17-20-13-21(18-28)15-22(14-20)19-28/h1-8,16,20-22H,9-15,17-19H2. The van der Waals surface area contributed by atoms with Crippen LogP contribution in [0.1, 0.15) is 54.4 Å². The molecule has 1 amide bonds. The third-order valence-electron chi connectivity index (χ3n) is 8.57. The second-order valence-electron chi connectivity index (χ2n) is 10.7. The summed E-state index contributed by atoms with van der Waals surface area (Å²) in [6.45, 7) is 3.25. The quantitative estimate of drug-likeness (QED) is 0.658. The third kappa shape index (κ3) is 3.44. The molecule has 2 aromatic rings. The smallest absolute Gasteiger partial charge is 0.228 e. The summed E-state index contributed by atoms with van der Waals surface area (Å²) in [6.07, 6.45) is 7.54. The van der Waals surface area contributed by atoms with Gasteiger partial charge in [-0.2, -0.15) is 0 Å². The normalized spacial score (nSPS) is 31.1. The number of ketones is 1. The van der Waals surface area contributed by atoms with Gasteiger partial charge in [0.15, 0.2) is 5.78 Å². The van der Waals surface area contributed by atoms with Gasteiger partial charge in [-0.3, -0.25) is 9.59 Å². The lowest BCUT2D eigenvalue weighted by Gasteiger charge is -2.57. The second-order valence-corrected chi connectivity index (χ2v) is 10.7. The van der Waals surface area contributed by atoms with Gasteiger partial charge in [0.1, 0.15) is 0 Å². The van der Waals surface area contributed by atoms with E-state index in [1.807, 2.05) is 48.5 Å². The first-order valence-electron chi connectivity index (χ1n) is 12.3. The molecule has 0 unspecified atom stereocenters. The van der Waals surface area contributed by atoms with E-state index in [-0.39, 0.29) is 11.2 Å². The zero-order chi connectivity index (χ0) is 21.7. The molecule has 0 radical (unpaired) electrons. The zero-order valence-corrected chi connectivity index (χ0v) is 18.7. The van der Waals surface area contributed by atoms with E-state index in [1.54, 1.807) is 0 Å². The summed E-state index contributed by atoms with van der Waals surface area (Å²) in [4.78, 5) is 31.0. The number of hydrogen-bond acceptors (Lipinski definition) is 3. The maximum Gasteiger partial charge on any atom is 0.228 e. The molecule has 4 heteroatoms. The van der Waals surface area contributed by atoms with Crippen LogP contribution in [0.5, 0.6) is 0 Å². The Morgan fingerprint density at radius 3 is 1.94 bits per heavy atom. The van der Waals surface area contributed by atoms with E-state index in [9.17, 15) is 9.59 Å². The van der Waals surface area contributed by atoms with Crippen LogP contribution in [-0.2, 0) is 4.79 Å². The van der Waals surface area contributed by atoms with E-state index < -0.39 is 0 Å². The van der Waals surface area contributed by atoms with Crippen molar-refractivity contribution in [1.82, 2.24) is 4.90 Å². The van der Waals surface area contributed by atoms with Crippen LogP contribution in [0.25, 0.3) is 0 Å². The average Bonchev–Trinajstić information content (AvgIpc) is 2.83. The van der Waals surface area contributed by atoms with Gasteiger partial charge in [-0.25, -0.2) is 0 Å². The van der Waals surface area contributed by atoms with E-state index in [4.69, 9.17) is 0 Å². The molecule has 4 bridgehead atoms. The highest BCUT2D eigenvalue weighted by Gasteiger charge is 2.55. The lowest BCUT2D eigenvalue weighted by Crippen LogP contribution is -2.58. The monoisotopic (exact) mass is 428 g/mol. The lowest BCUT2D eigenvalue weighted by atomic mass is 9.49. The molecular weight excluding hydrogens is 396 g/mol. The minimum atomic E-state index is -0.0427. The largest absolute Gasteiger partial charge is 0.368 e. The molecule has 32 heavy (non-hydrogen) atoms. The van der Waals surface area contributed by atoms with Crippen molar-refractivity contribution >= 4 is 17.4 Å². The van der Waals surface area contributed by atoms with E-state index in [2.05, 4.69) is 15.9 Å². The Morgan fingerprint density at radius 2 is 1.31 bits per heavy atom. The van der Waals surface area contributed by atoms with Gasteiger partial charge in [-0.1, -0.05) is 42.5 Å². The summed E-state index contributed by atoms with van der Waals surface area (Å²) in [6, 6.07) is 17.4. The van der Waals surface area contributed by atoms with Gasteiger partial charge in [-0.15, -0.1) is 0 Å². The fourth-order valence-corrected chi connectivity index (χ4v) is 7.48. The second kappa shape index (κ2) is 7.75. The van der Waals surface area contributed by atoms with Crippen LogP contribution in [0.2, 0.25) is 0 Å². The molecule has 0 aromatic heterocycles. The van der Waals surface area contributed by atoms with Crippen molar-refractivity contribution in [2.45, 2.75) is 38.5 Å². The Morgan fingerprint density at radius 1 is 0.719 bits per heavy atom. The highest BCUT2D eigenvalue weighted by atomic mass is 16.2. The van der Waals surface area contributed by atoms with Gasteiger partial charge in [0.25, 0.3) is 0 Å². The van der Waals surface area contributed by atoms with Gasteiger partial charge in [-0.05, 0) is 68.4 Å². The number of piperazine rings is 1. The van der Waals surface area contributed by atoms with Crippen LogP contribution in [0, 0.1) is 23.2 Å². The number of anilines is 1. The summed E-state index contributed by atoms with van der Waals surface area (Å²) in [5.74, 6) is 2.91. The first kappa shape index (κ1) is 20.0. The van der Waals surface area contributed by atoms with Crippen LogP contribution < -0.4 is 4.90 Å². The molecule has 166 valence electrons. The zero-order valence-electron chi connectivity index (χ0n) is 18.7. The molecule has 0 N–H and O–H groups in total. The molecule has 4 nitrogen and oxygen atoms in total. The topological polar surface area (TPSA) is 40.6 Å². The molecular formula is C28H32N2O2. The Labute approximate surface area is 190 Å². The molecule has 1 saturated heterocycles. The first-order chi connectivity index (χ1) is 15.6. The number of benzene rings is 2. The van der Waals surface area contributed by atoms with Gasteiger partial charge in [0.2, 0.25) is 5.91 Å². The maximum absolute atomic E-state index is 13.7. The number of amides is 1. The number of carbonyl (C=O) groups is 2. The van der Waals surface area contributed by atoms with Crippen LogP contribution in [0.4, 0.5) is 5.69 Å². The highest BCUT2D eigenvalue weighted by Crippen LogP contribution is 2.60. The highest BCUT2D eigenvalue weighted by molar-refractivity contribution is 6.09. The molecule has 5 aliphatic rings. The van der Waals surface area contributed by atoms with Gasteiger partial charge in [0, 0.05) is 43.0 Å². The Hall–Kier alpha value is -2.62. The Kier molecular flexibility index (Phi) is 4.85. The molecule has 4 aliphatic carbocycles. The summed E-state index contributed by atoms with van der Waals surface area (Å²) in [7, 11) is 0. The molecule has 5 fully saturated rings. The van der Waals surface area contributed by atoms with Crippen LogP contribution in [0.15, 0.2) is 54.6 Å². The number of nitrogens with zero attached hydrogens (tertiary/aromatic N) is 2. The molecule has 1 aliphatic heterocycles. The number of rotatable bonds is 4. The van der Waals surface area contributed by atoms with Crippen molar-refractivity contribution < 1.29 is 9.59 Å². The fraction of sp³-hybridized carbons (Fsp3) is 0.500. The van der Waals surface area contributed by atoms with E-state index >= 15 is 0 Å². The molecule has 2 aromatic carbocycles. The lowest BCUT2D eigenvalue weighted by molar-refractivity contribution is -0.158. The first-order valence-corrected chi connectivity index (χ1v) is 12.3. The summed E-state index contributed by atoms with van der Waals surface area (Å²) >= 11 is 0. The van der Waals surface area contributed by atoms with Gasteiger partial charge < -0.3 is 9.80 Å². The maximum atomic E-state index is 13.7. The molecule has 7 rings (SSSR count). The minimum absolute atomic E-state index is 0.0427. The minimum Gasteiger partial charge on any atom is -0.368 e. The van der Waals surface area contributed by atoms with Crippen molar-refractivity contribution in [3.8, 4) is 0 Å². The predicted molar refractivity (Wildman–Crippen MR) is 126 cm³/mol. The third-order valence-corrected chi connectivity index (χ3v) is 8.57. The summed E-state index contributed by atoms with van der Waals surface area (Å²) in [5, 5.41) is 0. The van der Waals surface area contributed by atoms with Crippen LogP contribution >= 0.6 is 0 Å². The summed E-state index contributed by atoms with van der Waals surface area (Å²) < 4.78 is 0. The predicted octanol–water partition coefficient (Wildman–Crippen LogP) is 4.78. The molecule has 4 saturated carbocycles. The van der Waals surface area contributed by atoms with Crippen molar-refractivity contribution in [2.75, 3.05) is 31.1 Å². The average molecular weight is 429 g/mol.